The average molecular weight is 360 g/mol. The molecule has 1 N–H and O–H groups in total. The summed E-state index contributed by atoms with van der Waals surface area (Å²) in [5.74, 6) is -2.85. The van der Waals surface area contributed by atoms with Crippen LogP contribution in [-0.4, -0.2) is 38.8 Å². The van der Waals surface area contributed by atoms with E-state index in [9.17, 15) is 18.0 Å². The van der Waals surface area contributed by atoms with Gasteiger partial charge in [0.2, 0.25) is 11.5 Å². The van der Waals surface area contributed by atoms with Crippen LogP contribution in [0.5, 0.6) is 0 Å². The highest BCUT2D eigenvalue weighted by Crippen LogP contribution is 2.32. The van der Waals surface area contributed by atoms with Gasteiger partial charge in [0.05, 0.1) is 6.20 Å². The monoisotopic (exact) mass is 360 g/mol. The van der Waals surface area contributed by atoms with Crippen molar-refractivity contribution in [1.82, 2.24) is 5.32 Å². The molecule has 9 heteroatoms. The predicted octanol–water partition coefficient (Wildman–Crippen LogP) is 2.51. The SMILES string of the molecule is COC(C)(OC)C(=O)NCc1ccc(N2C=C(C(F)(F)F)OC2)cc1. The van der Waals surface area contributed by atoms with Gasteiger partial charge < -0.3 is 24.4 Å². The van der Waals surface area contributed by atoms with Crippen LogP contribution < -0.4 is 10.2 Å². The molecule has 0 aliphatic carbocycles. The third kappa shape index (κ3) is 4.43. The molecule has 0 saturated carbocycles. The summed E-state index contributed by atoms with van der Waals surface area (Å²) in [5.41, 5.74) is 1.32. The van der Waals surface area contributed by atoms with E-state index in [0.717, 1.165) is 11.8 Å². The molecule has 0 spiro atoms. The van der Waals surface area contributed by atoms with Gasteiger partial charge in [-0.1, -0.05) is 12.1 Å². The van der Waals surface area contributed by atoms with Gasteiger partial charge in [-0.05, 0) is 24.6 Å². The number of hydrogen-bond acceptors (Lipinski definition) is 5. The fourth-order valence-corrected chi connectivity index (χ4v) is 2.08. The summed E-state index contributed by atoms with van der Waals surface area (Å²) in [6.45, 7) is 1.51. The van der Waals surface area contributed by atoms with Crippen molar-refractivity contribution in [1.29, 1.82) is 0 Å². The van der Waals surface area contributed by atoms with Gasteiger partial charge in [-0.3, -0.25) is 4.79 Å². The van der Waals surface area contributed by atoms with Crippen molar-refractivity contribution in [2.24, 2.45) is 0 Å². The molecule has 6 nitrogen and oxygen atoms in total. The zero-order valence-corrected chi connectivity index (χ0v) is 14.0. The number of carbonyl (C=O) groups excluding carboxylic acids is 1. The minimum absolute atomic E-state index is 0.203. The van der Waals surface area contributed by atoms with Gasteiger partial charge in [-0.25, -0.2) is 0 Å². The molecule has 1 heterocycles. The quantitative estimate of drug-likeness (QED) is 0.790. The van der Waals surface area contributed by atoms with Gasteiger partial charge in [-0.2, -0.15) is 13.2 Å². The van der Waals surface area contributed by atoms with Crippen molar-refractivity contribution >= 4 is 11.6 Å². The fraction of sp³-hybridized carbons (Fsp3) is 0.438. The van der Waals surface area contributed by atoms with Crippen LogP contribution in [0, 0.1) is 0 Å². The molecular formula is C16H19F3N2O4. The van der Waals surface area contributed by atoms with Gasteiger partial charge in [-0.15, -0.1) is 0 Å². The lowest BCUT2D eigenvalue weighted by Crippen LogP contribution is -2.47. The number of benzene rings is 1. The molecule has 0 bridgehead atoms. The van der Waals surface area contributed by atoms with Gasteiger partial charge in [0.15, 0.2) is 6.73 Å². The molecule has 138 valence electrons. The molecule has 25 heavy (non-hydrogen) atoms. The summed E-state index contributed by atoms with van der Waals surface area (Å²) in [5, 5.41) is 2.67. The number of methoxy groups -OCH3 is 2. The van der Waals surface area contributed by atoms with E-state index in [0.29, 0.717) is 5.69 Å². The molecule has 0 radical (unpaired) electrons. The number of nitrogens with zero attached hydrogens (tertiary/aromatic N) is 1. The summed E-state index contributed by atoms with van der Waals surface area (Å²) in [7, 11) is 2.72. The highest BCUT2D eigenvalue weighted by atomic mass is 19.4. The molecule has 1 aromatic rings. The first kappa shape index (κ1) is 19.1. The van der Waals surface area contributed by atoms with Crippen molar-refractivity contribution in [3.05, 3.63) is 41.8 Å². The Morgan fingerprint density at radius 3 is 2.32 bits per heavy atom. The standard InChI is InChI=1S/C16H19F3N2O4/c1-15(23-2,24-3)14(22)20-8-11-4-6-12(7-5-11)21-9-13(25-10-21)16(17,18)19/h4-7,9H,8,10H2,1-3H3,(H,20,22). The van der Waals surface area contributed by atoms with Crippen molar-refractivity contribution in [2.75, 3.05) is 25.9 Å². The third-order valence-corrected chi connectivity index (χ3v) is 3.82. The molecule has 1 aromatic carbocycles. The summed E-state index contributed by atoms with van der Waals surface area (Å²) in [6, 6.07) is 6.69. The van der Waals surface area contributed by atoms with Crippen LogP contribution in [0.25, 0.3) is 0 Å². The maximum absolute atomic E-state index is 12.6. The molecule has 1 amide bonds. The topological polar surface area (TPSA) is 60.0 Å². The third-order valence-electron chi connectivity index (χ3n) is 3.82. The Kier molecular flexibility index (Phi) is 5.58. The number of halogens is 3. The Morgan fingerprint density at radius 1 is 1.24 bits per heavy atom. The fourth-order valence-electron chi connectivity index (χ4n) is 2.08. The van der Waals surface area contributed by atoms with E-state index >= 15 is 0 Å². The Morgan fingerprint density at radius 2 is 1.84 bits per heavy atom. The van der Waals surface area contributed by atoms with Gasteiger partial charge in [0.1, 0.15) is 0 Å². The second kappa shape index (κ2) is 7.32. The predicted molar refractivity (Wildman–Crippen MR) is 83.3 cm³/mol. The Bertz CT molecular complexity index is 640. The number of amides is 1. The highest BCUT2D eigenvalue weighted by molar-refractivity contribution is 5.83. The molecule has 0 unspecified atom stereocenters. The molecule has 0 fully saturated rings. The zero-order chi connectivity index (χ0) is 18.7. The first-order valence-electron chi connectivity index (χ1n) is 7.35. The van der Waals surface area contributed by atoms with E-state index in [2.05, 4.69) is 10.1 Å². The van der Waals surface area contributed by atoms with Crippen LogP contribution in [0.3, 0.4) is 0 Å². The first-order chi connectivity index (χ1) is 11.7. The lowest BCUT2D eigenvalue weighted by molar-refractivity contribution is -0.201. The lowest BCUT2D eigenvalue weighted by Gasteiger charge is -2.24. The number of hydrogen-bond donors (Lipinski definition) is 1. The van der Waals surface area contributed by atoms with Crippen molar-refractivity contribution < 1.29 is 32.2 Å². The van der Waals surface area contributed by atoms with Crippen LogP contribution in [0.1, 0.15) is 12.5 Å². The summed E-state index contributed by atoms with van der Waals surface area (Å²) in [6.07, 6.45) is -3.59. The normalized spacial score (nSPS) is 15.0. The van der Waals surface area contributed by atoms with Gasteiger partial charge >= 0.3 is 6.18 Å². The van der Waals surface area contributed by atoms with Crippen molar-refractivity contribution in [3.8, 4) is 0 Å². The smallest absolute Gasteiger partial charge is 0.450 e. The number of allylic oxidation sites excluding steroid dienone is 1. The van der Waals surface area contributed by atoms with E-state index in [-0.39, 0.29) is 13.3 Å². The second-order valence-corrected chi connectivity index (χ2v) is 5.44. The maximum atomic E-state index is 12.6. The molecule has 0 aromatic heterocycles. The zero-order valence-electron chi connectivity index (χ0n) is 14.0. The number of nitrogens with one attached hydrogen (secondary N) is 1. The molecule has 0 atom stereocenters. The van der Waals surface area contributed by atoms with Gasteiger partial charge in [0.25, 0.3) is 5.91 Å². The Hall–Kier alpha value is -2.26. The first-order valence-corrected chi connectivity index (χ1v) is 7.35. The molecule has 1 aliphatic heterocycles. The maximum Gasteiger partial charge on any atom is 0.450 e. The molecule has 1 aliphatic rings. The Labute approximate surface area is 143 Å². The minimum Gasteiger partial charge on any atom is -0.466 e. The van der Waals surface area contributed by atoms with Crippen LogP contribution in [-0.2, 0) is 25.5 Å². The largest absolute Gasteiger partial charge is 0.466 e. The number of ether oxygens (including phenoxy) is 3. The number of rotatable bonds is 6. The summed E-state index contributed by atoms with van der Waals surface area (Å²) in [4.78, 5) is 13.4. The van der Waals surface area contributed by atoms with Crippen molar-refractivity contribution in [3.63, 3.8) is 0 Å². The van der Waals surface area contributed by atoms with Crippen LogP contribution in [0.4, 0.5) is 18.9 Å². The van der Waals surface area contributed by atoms with Crippen molar-refractivity contribution in [2.45, 2.75) is 25.4 Å². The Balaban J connectivity index is 1.97. The average Bonchev–Trinajstić information content (AvgIpc) is 3.09. The molecule has 0 saturated heterocycles. The number of alkyl halides is 3. The summed E-state index contributed by atoms with van der Waals surface area (Å²) < 4.78 is 52.3. The van der Waals surface area contributed by atoms with Gasteiger partial charge in [0, 0.05) is 26.5 Å². The molecule has 2 rings (SSSR count). The molecular weight excluding hydrogens is 341 g/mol. The van der Waals surface area contributed by atoms with E-state index in [1.807, 2.05) is 0 Å². The lowest BCUT2D eigenvalue weighted by atomic mass is 10.2. The number of anilines is 1. The number of carbonyl (C=O) groups is 1. The van der Waals surface area contributed by atoms with E-state index in [1.54, 1.807) is 24.3 Å². The van der Waals surface area contributed by atoms with Crippen LogP contribution >= 0.6 is 0 Å². The van der Waals surface area contributed by atoms with E-state index in [4.69, 9.17) is 9.47 Å². The van der Waals surface area contributed by atoms with E-state index < -0.39 is 23.6 Å². The van der Waals surface area contributed by atoms with E-state index in [1.165, 1.54) is 26.0 Å². The minimum atomic E-state index is -4.51. The second-order valence-electron chi connectivity index (χ2n) is 5.44. The highest BCUT2D eigenvalue weighted by Gasteiger charge is 2.39. The van der Waals surface area contributed by atoms with Crippen LogP contribution in [0.2, 0.25) is 0 Å². The summed E-state index contributed by atoms with van der Waals surface area (Å²) >= 11 is 0. The van der Waals surface area contributed by atoms with Crippen LogP contribution in [0.15, 0.2) is 36.2 Å².